The van der Waals surface area contributed by atoms with E-state index in [1.165, 1.54) is 0 Å². The minimum Gasteiger partial charge on any atom is -0.326 e. The van der Waals surface area contributed by atoms with Crippen molar-refractivity contribution in [2.75, 3.05) is 18.6 Å². The van der Waals surface area contributed by atoms with Gasteiger partial charge in [-0.3, -0.25) is 10.1 Å². The fourth-order valence-electron chi connectivity index (χ4n) is 2.44. The lowest BCUT2D eigenvalue weighted by atomic mass is 10.1. The molecule has 1 N–H and O–H groups in total. The maximum atomic E-state index is 12.2. The van der Waals surface area contributed by atoms with Gasteiger partial charge in [0, 0.05) is 6.54 Å². The first kappa shape index (κ1) is 14.8. The van der Waals surface area contributed by atoms with Crippen molar-refractivity contribution in [1.82, 2.24) is 10.2 Å². The number of carbonyl (C=O) groups excluding carboxylic acids is 1. The number of rotatable bonds is 7. The lowest BCUT2D eigenvalue weighted by Gasteiger charge is -2.26. The molecule has 0 saturated carbocycles. The van der Waals surface area contributed by atoms with Crippen LogP contribution in [0.4, 0.5) is 0 Å². The molecule has 0 radical (unpaired) electrons. The minimum absolute atomic E-state index is 0.0491. The van der Waals surface area contributed by atoms with E-state index in [4.69, 9.17) is 0 Å². The van der Waals surface area contributed by atoms with Gasteiger partial charge in [-0.2, -0.15) is 11.8 Å². The van der Waals surface area contributed by atoms with Crippen LogP contribution in [-0.2, 0) is 4.79 Å². The third-order valence-electron chi connectivity index (χ3n) is 3.28. The molecule has 0 bridgehead atoms. The first-order chi connectivity index (χ1) is 8.13. The maximum absolute atomic E-state index is 12.2. The molecule has 3 atom stereocenters. The highest BCUT2D eigenvalue weighted by molar-refractivity contribution is 7.98. The van der Waals surface area contributed by atoms with Crippen LogP contribution in [0.1, 0.15) is 40.0 Å². The highest BCUT2D eigenvalue weighted by Gasteiger charge is 2.37. The number of carbonyl (C=O) groups is 1. The van der Waals surface area contributed by atoms with E-state index in [0.717, 1.165) is 31.6 Å². The van der Waals surface area contributed by atoms with E-state index in [-0.39, 0.29) is 12.2 Å². The summed E-state index contributed by atoms with van der Waals surface area (Å²) in [5.74, 6) is 2.00. The van der Waals surface area contributed by atoms with Gasteiger partial charge in [0.1, 0.15) is 0 Å². The molecule has 0 aromatic carbocycles. The normalized spacial score (nSPS) is 26.6. The van der Waals surface area contributed by atoms with Gasteiger partial charge in [0.2, 0.25) is 5.91 Å². The molecule has 1 aliphatic rings. The molecule has 1 rings (SSSR count). The van der Waals surface area contributed by atoms with E-state index in [0.29, 0.717) is 11.8 Å². The quantitative estimate of drug-likeness (QED) is 0.760. The van der Waals surface area contributed by atoms with Crippen molar-refractivity contribution in [1.29, 1.82) is 0 Å². The van der Waals surface area contributed by atoms with Crippen molar-refractivity contribution in [2.24, 2.45) is 5.92 Å². The molecule has 0 aromatic heterocycles. The number of amides is 1. The van der Waals surface area contributed by atoms with Gasteiger partial charge < -0.3 is 4.90 Å². The van der Waals surface area contributed by atoms with Crippen LogP contribution in [0.2, 0.25) is 0 Å². The van der Waals surface area contributed by atoms with E-state index in [2.05, 4.69) is 37.2 Å². The van der Waals surface area contributed by atoms with Gasteiger partial charge in [-0.1, -0.05) is 27.2 Å². The molecule has 3 unspecified atom stereocenters. The van der Waals surface area contributed by atoms with E-state index in [9.17, 15) is 4.79 Å². The van der Waals surface area contributed by atoms with Crippen LogP contribution in [0.25, 0.3) is 0 Å². The molecule has 1 amide bonds. The molecule has 1 heterocycles. The molecule has 100 valence electrons. The van der Waals surface area contributed by atoms with Gasteiger partial charge in [-0.25, -0.2) is 0 Å². The van der Waals surface area contributed by atoms with E-state index in [1.54, 1.807) is 0 Å². The predicted octanol–water partition coefficient (Wildman–Crippen LogP) is 2.32. The topological polar surface area (TPSA) is 32.3 Å². The Kier molecular flexibility index (Phi) is 6.34. The molecular formula is C13H26N2OS. The molecule has 0 aromatic rings. The van der Waals surface area contributed by atoms with Gasteiger partial charge >= 0.3 is 0 Å². The van der Waals surface area contributed by atoms with Crippen LogP contribution < -0.4 is 5.32 Å². The number of thioether (sulfide) groups is 1. The Morgan fingerprint density at radius 3 is 2.71 bits per heavy atom. The van der Waals surface area contributed by atoms with Crippen molar-refractivity contribution in [3.63, 3.8) is 0 Å². The second-order valence-corrected chi connectivity index (χ2v) is 5.89. The average molecular weight is 258 g/mol. The number of hydrogen-bond donors (Lipinski definition) is 1. The summed E-state index contributed by atoms with van der Waals surface area (Å²) in [7, 11) is 0. The molecule has 4 heteroatoms. The SMILES string of the molecule is CCCC1NC(CC)C(=O)N1CC(C)CSC. The average Bonchev–Trinajstić information content (AvgIpc) is 2.58. The molecule has 1 saturated heterocycles. The van der Waals surface area contributed by atoms with Gasteiger partial charge in [-0.15, -0.1) is 0 Å². The van der Waals surface area contributed by atoms with Crippen LogP contribution in [0.15, 0.2) is 0 Å². The third kappa shape index (κ3) is 3.88. The Labute approximate surface area is 110 Å². The zero-order valence-electron chi connectivity index (χ0n) is 11.5. The van der Waals surface area contributed by atoms with Gasteiger partial charge in [-0.05, 0) is 30.8 Å². The molecular weight excluding hydrogens is 232 g/mol. The second-order valence-electron chi connectivity index (χ2n) is 4.98. The molecule has 0 spiro atoms. The van der Waals surface area contributed by atoms with Crippen LogP contribution in [0.5, 0.6) is 0 Å². The van der Waals surface area contributed by atoms with Gasteiger partial charge in [0.05, 0.1) is 12.2 Å². The first-order valence-corrected chi connectivity index (χ1v) is 8.08. The molecule has 1 fully saturated rings. The number of hydrogen-bond acceptors (Lipinski definition) is 3. The smallest absolute Gasteiger partial charge is 0.241 e. The van der Waals surface area contributed by atoms with E-state index in [1.807, 2.05) is 11.8 Å². The molecule has 17 heavy (non-hydrogen) atoms. The summed E-state index contributed by atoms with van der Waals surface area (Å²) in [4.78, 5) is 14.3. The van der Waals surface area contributed by atoms with Crippen molar-refractivity contribution < 1.29 is 4.79 Å². The summed E-state index contributed by atoms with van der Waals surface area (Å²) < 4.78 is 0. The predicted molar refractivity (Wildman–Crippen MR) is 75.2 cm³/mol. The minimum atomic E-state index is 0.0491. The Morgan fingerprint density at radius 1 is 1.47 bits per heavy atom. The molecule has 0 aliphatic carbocycles. The van der Waals surface area contributed by atoms with E-state index < -0.39 is 0 Å². The van der Waals surface area contributed by atoms with Crippen LogP contribution in [0.3, 0.4) is 0 Å². The summed E-state index contributed by atoms with van der Waals surface area (Å²) in [5, 5.41) is 3.46. The van der Waals surface area contributed by atoms with Gasteiger partial charge in [0.25, 0.3) is 0 Å². The summed E-state index contributed by atoms with van der Waals surface area (Å²) in [6.45, 7) is 7.38. The zero-order chi connectivity index (χ0) is 12.8. The first-order valence-electron chi connectivity index (χ1n) is 6.69. The lowest BCUT2D eigenvalue weighted by Crippen LogP contribution is -2.40. The summed E-state index contributed by atoms with van der Waals surface area (Å²) in [6, 6.07) is 0.0491. The lowest BCUT2D eigenvalue weighted by molar-refractivity contribution is -0.130. The van der Waals surface area contributed by atoms with Crippen molar-refractivity contribution in [3.8, 4) is 0 Å². The highest BCUT2D eigenvalue weighted by atomic mass is 32.2. The van der Waals surface area contributed by atoms with E-state index >= 15 is 0 Å². The fourth-order valence-corrected chi connectivity index (χ4v) is 3.12. The zero-order valence-corrected chi connectivity index (χ0v) is 12.3. The Balaban J connectivity index is 2.61. The van der Waals surface area contributed by atoms with Crippen molar-refractivity contribution in [3.05, 3.63) is 0 Å². The van der Waals surface area contributed by atoms with Crippen LogP contribution >= 0.6 is 11.8 Å². The fraction of sp³-hybridized carbons (Fsp3) is 0.923. The monoisotopic (exact) mass is 258 g/mol. The number of nitrogens with one attached hydrogen (secondary N) is 1. The highest BCUT2D eigenvalue weighted by Crippen LogP contribution is 2.19. The largest absolute Gasteiger partial charge is 0.326 e. The summed E-state index contributed by atoms with van der Waals surface area (Å²) in [5.41, 5.74) is 0. The standard InChI is InChI=1S/C13H26N2OS/c1-5-7-12-14-11(6-2)13(16)15(12)8-10(3)9-17-4/h10-12,14H,5-9H2,1-4H3. The molecule has 3 nitrogen and oxygen atoms in total. The third-order valence-corrected chi connectivity index (χ3v) is 4.18. The second kappa shape index (κ2) is 7.27. The van der Waals surface area contributed by atoms with Gasteiger partial charge in [0.15, 0.2) is 0 Å². The Morgan fingerprint density at radius 2 is 2.18 bits per heavy atom. The summed E-state index contributed by atoms with van der Waals surface area (Å²) >= 11 is 1.86. The van der Waals surface area contributed by atoms with Crippen LogP contribution in [-0.4, -0.2) is 41.6 Å². The number of nitrogens with zero attached hydrogens (tertiary/aromatic N) is 1. The molecule has 1 aliphatic heterocycles. The van der Waals surface area contributed by atoms with Crippen molar-refractivity contribution >= 4 is 17.7 Å². The Hall–Kier alpha value is -0.220. The van der Waals surface area contributed by atoms with Crippen LogP contribution in [0, 0.1) is 5.92 Å². The summed E-state index contributed by atoms with van der Waals surface area (Å²) in [6.07, 6.45) is 5.47. The maximum Gasteiger partial charge on any atom is 0.241 e. The van der Waals surface area contributed by atoms with Crippen molar-refractivity contribution in [2.45, 2.75) is 52.2 Å². The Bertz CT molecular complexity index is 248.